The standard InChI is InChI=1S/C17H17ClN4OS2/c1-12-6-7-24-15(12)9-21(2)16(23)10-25-17-20-19-11-22(17)14-5-3-4-13(18)8-14/h3-8,11H,9-10H2,1-2H3. The van der Waals surface area contributed by atoms with E-state index in [0.717, 1.165) is 5.69 Å². The van der Waals surface area contributed by atoms with Crippen molar-refractivity contribution in [2.75, 3.05) is 12.8 Å². The smallest absolute Gasteiger partial charge is 0.233 e. The molecule has 130 valence electrons. The van der Waals surface area contributed by atoms with Gasteiger partial charge < -0.3 is 4.90 Å². The maximum Gasteiger partial charge on any atom is 0.233 e. The molecular formula is C17H17ClN4OS2. The second kappa shape index (κ2) is 8.03. The molecule has 0 saturated heterocycles. The average molecular weight is 393 g/mol. The van der Waals surface area contributed by atoms with Gasteiger partial charge in [0.2, 0.25) is 5.91 Å². The van der Waals surface area contributed by atoms with Crippen LogP contribution in [0.3, 0.4) is 0 Å². The number of carbonyl (C=O) groups is 1. The summed E-state index contributed by atoms with van der Waals surface area (Å²) in [6.07, 6.45) is 1.62. The van der Waals surface area contributed by atoms with Gasteiger partial charge in [-0.25, -0.2) is 0 Å². The monoisotopic (exact) mass is 392 g/mol. The predicted molar refractivity (Wildman–Crippen MR) is 103 cm³/mol. The summed E-state index contributed by atoms with van der Waals surface area (Å²) < 4.78 is 1.83. The van der Waals surface area contributed by atoms with Crippen LogP contribution in [0.5, 0.6) is 0 Å². The number of benzene rings is 1. The highest BCUT2D eigenvalue weighted by molar-refractivity contribution is 7.99. The van der Waals surface area contributed by atoms with Crippen molar-refractivity contribution in [1.29, 1.82) is 0 Å². The van der Waals surface area contributed by atoms with E-state index in [0.29, 0.717) is 22.5 Å². The van der Waals surface area contributed by atoms with Crippen LogP contribution in [-0.2, 0) is 11.3 Å². The van der Waals surface area contributed by atoms with Gasteiger partial charge in [0, 0.05) is 16.9 Å². The Hall–Kier alpha value is -1.83. The number of halogens is 1. The summed E-state index contributed by atoms with van der Waals surface area (Å²) in [4.78, 5) is 15.4. The van der Waals surface area contributed by atoms with Gasteiger partial charge in [-0.15, -0.1) is 21.5 Å². The van der Waals surface area contributed by atoms with Crippen LogP contribution in [0.25, 0.3) is 5.69 Å². The Kier molecular flexibility index (Phi) is 5.78. The fourth-order valence-electron chi connectivity index (χ4n) is 2.23. The number of hydrogen-bond donors (Lipinski definition) is 0. The Balaban J connectivity index is 1.63. The molecule has 5 nitrogen and oxygen atoms in total. The van der Waals surface area contributed by atoms with Crippen LogP contribution in [0, 0.1) is 6.92 Å². The molecule has 1 aromatic carbocycles. The molecule has 8 heteroatoms. The SMILES string of the molecule is Cc1ccsc1CN(C)C(=O)CSc1nncn1-c1cccc(Cl)c1. The van der Waals surface area contributed by atoms with Crippen molar-refractivity contribution < 1.29 is 4.79 Å². The molecule has 0 aliphatic rings. The Morgan fingerprint density at radius 1 is 1.40 bits per heavy atom. The molecule has 0 radical (unpaired) electrons. The van der Waals surface area contributed by atoms with Gasteiger partial charge in [-0.3, -0.25) is 9.36 Å². The van der Waals surface area contributed by atoms with Crippen LogP contribution in [0.2, 0.25) is 5.02 Å². The Labute approximate surface area is 159 Å². The number of aromatic nitrogens is 3. The number of nitrogens with zero attached hydrogens (tertiary/aromatic N) is 4. The van der Waals surface area contributed by atoms with E-state index in [1.165, 1.54) is 22.2 Å². The van der Waals surface area contributed by atoms with Crippen LogP contribution in [0.15, 0.2) is 47.2 Å². The van der Waals surface area contributed by atoms with Crippen LogP contribution in [-0.4, -0.2) is 38.4 Å². The fraction of sp³-hybridized carbons (Fsp3) is 0.235. The van der Waals surface area contributed by atoms with Crippen molar-refractivity contribution in [1.82, 2.24) is 19.7 Å². The maximum atomic E-state index is 12.4. The number of hydrogen-bond acceptors (Lipinski definition) is 5. The number of carbonyl (C=O) groups excluding carboxylic acids is 1. The van der Waals surface area contributed by atoms with Crippen molar-refractivity contribution >= 4 is 40.6 Å². The van der Waals surface area contributed by atoms with Gasteiger partial charge in [-0.05, 0) is 42.1 Å². The number of amides is 1. The van der Waals surface area contributed by atoms with E-state index >= 15 is 0 Å². The van der Waals surface area contributed by atoms with E-state index in [4.69, 9.17) is 11.6 Å². The first-order chi connectivity index (χ1) is 12.0. The topological polar surface area (TPSA) is 51.0 Å². The molecule has 0 spiro atoms. The first-order valence-electron chi connectivity index (χ1n) is 7.60. The molecule has 0 bridgehead atoms. The summed E-state index contributed by atoms with van der Waals surface area (Å²) in [5.74, 6) is 0.360. The molecule has 0 N–H and O–H groups in total. The zero-order chi connectivity index (χ0) is 17.8. The summed E-state index contributed by atoms with van der Waals surface area (Å²) in [7, 11) is 1.82. The number of aryl methyl sites for hydroxylation is 1. The first-order valence-corrected chi connectivity index (χ1v) is 9.84. The zero-order valence-electron chi connectivity index (χ0n) is 13.8. The third-order valence-corrected chi connectivity index (χ3v) is 5.87. The van der Waals surface area contributed by atoms with Gasteiger partial charge in [0.15, 0.2) is 5.16 Å². The van der Waals surface area contributed by atoms with Crippen molar-refractivity contribution in [2.24, 2.45) is 0 Å². The average Bonchev–Trinajstić information content (AvgIpc) is 3.22. The van der Waals surface area contributed by atoms with Gasteiger partial charge in [0.25, 0.3) is 0 Å². The first kappa shape index (κ1) is 18.0. The Morgan fingerprint density at radius 2 is 2.24 bits per heavy atom. The summed E-state index contributed by atoms with van der Waals surface area (Å²) in [5, 5.41) is 11.4. The van der Waals surface area contributed by atoms with Crippen LogP contribution in [0.4, 0.5) is 0 Å². The van der Waals surface area contributed by atoms with E-state index in [1.807, 2.05) is 41.3 Å². The van der Waals surface area contributed by atoms with Gasteiger partial charge in [0.05, 0.1) is 18.0 Å². The molecule has 0 atom stereocenters. The zero-order valence-corrected chi connectivity index (χ0v) is 16.2. The van der Waals surface area contributed by atoms with Crippen molar-refractivity contribution in [3.8, 4) is 5.69 Å². The summed E-state index contributed by atoms with van der Waals surface area (Å²) >= 11 is 9.08. The lowest BCUT2D eigenvalue weighted by molar-refractivity contribution is -0.127. The van der Waals surface area contributed by atoms with Crippen LogP contribution >= 0.6 is 34.7 Å². The lowest BCUT2D eigenvalue weighted by Crippen LogP contribution is -2.27. The molecule has 3 aromatic rings. The molecule has 2 aromatic heterocycles. The molecule has 0 fully saturated rings. The molecule has 0 unspecified atom stereocenters. The highest BCUT2D eigenvalue weighted by Gasteiger charge is 2.14. The third kappa shape index (κ3) is 4.42. The van der Waals surface area contributed by atoms with Gasteiger partial charge >= 0.3 is 0 Å². The molecule has 3 rings (SSSR count). The highest BCUT2D eigenvalue weighted by Crippen LogP contribution is 2.22. The number of rotatable bonds is 6. The van der Waals surface area contributed by atoms with Gasteiger partial charge in [0.1, 0.15) is 6.33 Å². The molecule has 1 amide bonds. The lowest BCUT2D eigenvalue weighted by atomic mass is 10.3. The normalized spacial score (nSPS) is 10.8. The van der Waals surface area contributed by atoms with Crippen molar-refractivity contribution in [3.63, 3.8) is 0 Å². The number of thiophene rings is 1. The van der Waals surface area contributed by atoms with Crippen LogP contribution < -0.4 is 0 Å². The Bertz CT molecular complexity index is 877. The molecular weight excluding hydrogens is 376 g/mol. The minimum absolute atomic E-state index is 0.0541. The minimum atomic E-state index is 0.0541. The minimum Gasteiger partial charge on any atom is -0.340 e. The molecule has 0 aliphatic heterocycles. The van der Waals surface area contributed by atoms with E-state index in [1.54, 1.807) is 22.6 Å². The van der Waals surface area contributed by atoms with E-state index in [-0.39, 0.29) is 5.91 Å². The van der Waals surface area contributed by atoms with E-state index < -0.39 is 0 Å². The Morgan fingerprint density at radius 3 is 2.96 bits per heavy atom. The van der Waals surface area contributed by atoms with E-state index in [9.17, 15) is 4.79 Å². The van der Waals surface area contributed by atoms with Crippen molar-refractivity contribution in [3.05, 3.63) is 57.5 Å². The quantitative estimate of drug-likeness (QED) is 0.594. The predicted octanol–water partition coefficient (Wildman–Crippen LogP) is 4.04. The van der Waals surface area contributed by atoms with Gasteiger partial charge in [-0.2, -0.15) is 0 Å². The number of thioether (sulfide) groups is 1. The van der Waals surface area contributed by atoms with Crippen molar-refractivity contribution in [2.45, 2.75) is 18.6 Å². The lowest BCUT2D eigenvalue weighted by Gasteiger charge is -2.16. The maximum absolute atomic E-state index is 12.4. The molecule has 0 saturated carbocycles. The summed E-state index contributed by atoms with van der Waals surface area (Å²) in [6.45, 7) is 2.69. The fourth-order valence-corrected chi connectivity index (χ4v) is 4.24. The highest BCUT2D eigenvalue weighted by atomic mass is 35.5. The second-order valence-electron chi connectivity index (χ2n) is 5.53. The summed E-state index contributed by atoms with van der Waals surface area (Å²) in [6, 6.07) is 9.51. The van der Waals surface area contributed by atoms with Crippen LogP contribution in [0.1, 0.15) is 10.4 Å². The molecule has 0 aliphatic carbocycles. The molecule has 2 heterocycles. The van der Waals surface area contributed by atoms with Gasteiger partial charge in [-0.1, -0.05) is 29.4 Å². The third-order valence-electron chi connectivity index (χ3n) is 3.70. The summed E-state index contributed by atoms with van der Waals surface area (Å²) in [5.41, 5.74) is 2.09. The second-order valence-corrected chi connectivity index (χ2v) is 7.91. The van der Waals surface area contributed by atoms with E-state index in [2.05, 4.69) is 23.2 Å². The molecule has 25 heavy (non-hydrogen) atoms. The largest absolute Gasteiger partial charge is 0.340 e.